The number of benzene rings is 2. The van der Waals surface area contributed by atoms with Gasteiger partial charge in [0, 0.05) is 50.4 Å². The lowest BCUT2D eigenvalue weighted by molar-refractivity contribution is -0.137. The lowest BCUT2D eigenvalue weighted by Gasteiger charge is -2.35. The molecule has 2 aromatic heterocycles. The van der Waals surface area contributed by atoms with E-state index < -0.39 is 17.8 Å². The van der Waals surface area contributed by atoms with E-state index in [1.54, 1.807) is 23.5 Å². The van der Waals surface area contributed by atoms with E-state index in [4.69, 9.17) is 9.26 Å². The Morgan fingerprint density at radius 1 is 1.08 bits per heavy atom. The van der Waals surface area contributed by atoms with Crippen LogP contribution in [0.3, 0.4) is 0 Å². The number of aliphatic hydroxyl groups is 1. The summed E-state index contributed by atoms with van der Waals surface area (Å²) in [6.45, 7) is 6.28. The van der Waals surface area contributed by atoms with Crippen molar-refractivity contribution in [2.45, 2.75) is 25.7 Å². The molecule has 0 spiro atoms. The summed E-state index contributed by atoms with van der Waals surface area (Å²) in [6.07, 6.45) is -5.03. The second-order valence-electron chi connectivity index (χ2n) is 9.16. The molecule has 1 N–H and O–H groups in total. The number of aliphatic hydroxyl groups excluding tert-OH is 1. The maximum atomic E-state index is 13.0. The Balaban J connectivity index is 1.07. The number of fused-ring (bicyclic) bond motifs is 1. The quantitative estimate of drug-likeness (QED) is 0.348. The zero-order valence-corrected chi connectivity index (χ0v) is 21.1. The monoisotopic (exact) mass is 532 g/mol. The van der Waals surface area contributed by atoms with Crippen molar-refractivity contribution in [1.82, 2.24) is 19.9 Å². The van der Waals surface area contributed by atoms with Gasteiger partial charge < -0.3 is 14.4 Å². The van der Waals surface area contributed by atoms with Crippen LogP contribution in [0.2, 0.25) is 0 Å². The molecule has 37 heavy (non-hydrogen) atoms. The molecule has 11 heteroatoms. The number of thiazole rings is 1. The predicted molar refractivity (Wildman–Crippen MR) is 135 cm³/mol. The van der Waals surface area contributed by atoms with Crippen LogP contribution >= 0.6 is 11.3 Å². The van der Waals surface area contributed by atoms with Gasteiger partial charge in [0.2, 0.25) is 0 Å². The molecule has 1 aliphatic heterocycles. The molecule has 196 valence electrons. The highest BCUT2D eigenvalue weighted by Gasteiger charge is 2.30. The first-order chi connectivity index (χ1) is 17.7. The number of halogens is 3. The van der Waals surface area contributed by atoms with Crippen molar-refractivity contribution in [1.29, 1.82) is 0 Å². The fourth-order valence-corrected chi connectivity index (χ4v) is 5.19. The van der Waals surface area contributed by atoms with Crippen LogP contribution in [0.5, 0.6) is 5.75 Å². The molecule has 0 radical (unpaired) electrons. The fourth-order valence-electron chi connectivity index (χ4n) is 4.38. The number of hydrogen-bond acceptors (Lipinski definition) is 8. The number of β-amino-alcohol motifs (C(OH)–C–C–N with tert-alkyl or cyclic N) is 1. The van der Waals surface area contributed by atoms with Crippen LogP contribution in [-0.2, 0) is 12.7 Å². The van der Waals surface area contributed by atoms with Crippen LogP contribution in [0.15, 0.2) is 53.1 Å². The van der Waals surface area contributed by atoms with Gasteiger partial charge >= 0.3 is 6.18 Å². The van der Waals surface area contributed by atoms with Crippen LogP contribution in [0.25, 0.3) is 21.5 Å². The van der Waals surface area contributed by atoms with E-state index in [1.807, 2.05) is 25.1 Å². The predicted octanol–water partition coefficient (Wildman–Crippen LogP) is 4.84. The summed E-state index contributed by atoms with van der Waals surface area (Å²) in [5, 5.41) is 15.4. The second kappa shape index (κ2) is 10.8. The van der Waals surface area contributed by atoms with Gasteiger partial charge in [-0.1, -0.05) is 17.3 Å². The van der Waals surface area contributed by atoms with Crippen molar-refractivity contribution >= 4 is 21.6 Å². The minimum atomic E-state index is -4.41. The van der Waals surface area contributed by atoms with Crippen molar-refractivity contribution in [3.8, 4) is 17.0 Å². The molecule has 0 bridgehead atoms. The molecule has 1 fully saturated rings. The zero-order valence-electron chi connectivity index (χ0n) is 20.2. The molecular weight excluding hydrogens is 505 g/mol. The Hall–Kier alpha value is -2.99. The highest BCUT2D eigenvalue weighted by atomic mass is 32.1. The number of hydrogen-bond donors (Lipinski definition) is 1. The molecule has 2 aromatic carbocycles. The van der Waals surface area contributed by atoms with Crippen LogP contribution in [0, 0.1) is 6.92 Å². The lowest BCUT2D eigenvalue weighted by atomic mass is 10.1. The molecule has 1 atom stereocenters. The molecule has 0 saturated carbocycles. The zero-order chi connectivity index (χ0) is 26.0. The Morgan fingerprint density at radius 2 is 1.86 bits per heavy atom. The SMILES string of the molecule is Cc1nc2cc(OC[C@H](O)CN3CCN(Cc4cc(-c5cccc(C(F)(F)F)c5)no4)CC3)ccc2s1. The lowest BCUT2D eigenvalue weighted by Crippen LogP contribution is -2.48. The van der Waals surface area contributed by atoms with Crippen LogP contribution in [-0.4, -0.2) is 70.5 Å². The van der Waals surface area contributed by atoms with Crippen LogP contribution in [0.4, 0.5) is 13.2 Å². The highest BCUT2D eigenvalue weighted by Crippen LogP contribution is 2.32. The summed E-state index contributed by atoms with van der Waals surface area (Å²) in [5.74, 6) is 1.29. The van der Waals surface area contributed by atoms with Gasteiger partial charge in [0.15, 0.2) is 5.76 Å². The largest absolute Gasteiger partial charge is 0.491 e. The van der Waals surface area contributed by atoms with Crippen molar-refractivity contribution in [3.63, 3.8) is 0 Å². The number of rotatable bonds is 8. The third-order valence-electron chi connectivity index (χ3n) is 6.27. The Kier molecular flexibility index (Phi) is 7.47. The first-order valence-electron chi connectivity index (χ1n) is 12.0. The smallest absolute Gasteiger partial charge is 0.416 e. The number of ether oxygens (including phenoxy) is 1. The van der Waals surface area contributed by atoms with Gasteiger partial charge in [-0.05, 0) is 31.2 Å². The number of aromatic nitrogens is 2. The van der Waals surface area contributed by atoms with Gasteiger partial charge in [0.1, 0.15) is 24.2 Å². The highest BCUT2D eigenvalue weighted by molar-refractivity contribution is 7.18. The molecule has 0 aliphatic carbocycles. The van der Waals surface area contributed by atoms with Gasteiger partial charge in [0.05, 0.1) is 27.3 Å². The third-order valence-corrected chi connectivity index (χ3v) is 7.22. The number of nitrogens with zero attached hydrogens (tertiary/aromatic N) is 4. The Labute approximate surface area is 216 Å². The Bertz CT molecular complexity index is 1350. The fraction of sp³-hybridized carbons (Fsp3) is 0.385. The maximum absolute atomic E-state index is 13.0. The van der Waals surface area contributed by atoms with Crippen molar-refractivity contribution in [2.75, 3.05) is 39.3 Å². The van der Waals surface area contributed by atoms with E-state index >= 15 is 0 Å². The van der Waals surface area contributed by atoms with Crippen molar-refractivity contribution in [2.24, 2.45) is 0 Å². The van der Waals surface area contributed by atoms with Gasteiger partial charge in [-0.2, -0.15) is 13.2 Å². The molecule has 7 nitrogen and oxygen atoms in total. The summed E-state index contributed by atoms with van der Waals surface area (Å²) in [4.78, 5) is 8.85. The molecule has 4 aromatic rings. The summed E-state index contributed by atoms with van der Waals surface area (Å²) < 4.78 is 51.3. The minimum absolute atomic E-state index is 0.200. The summed E-state index contributed by atoms with van der Waals surface area (Å²) >= 11 is 1.64. The number of alkyl halides is 3. The number of piperazine rings is 1. The molecule has 0 amide bonds. The summed E-state index contributed by atoms with van der Waals surface area (Å²) in [6, 6.07) is 12.5. The summed E-state index contributed by atoms with van der Waals surface area (Å²) in [7, 11) is 0. The Morgan fingerprint density at radius 3 is 2.65 bits per heavy atom. The standard InChI is InChI=1S/C26H27F3N4O3S/c1-17-30-24-12-21(5-6-25(24)37-17)35-16-20(34)14-32-7-9-33(10-8-32)15-22-13-23(31-36-22)18-3-2-4-19(11-18)26(27,28)29/h2-6,11-13,20,34H,7-10,14-16H2,1H3/t20-/m1/s1. The average molecular weight is 533 g/mol. The molecule has 1 aliphatic rings. The average Bonchev–Trinajstić information content (AvgIpc) is 3.49. The molecule has 0 unspecified atom stereocenters. The van der Waals surface area contributed by atoms with Gasteiger partial charge in [-0.3, -0.25) is 9.80 Å². The first-order valence-corrected chi connectivity index (χ1v) is 12.8. The number of aryl methyl sites for hydroxylation is 1. The van der Waals surface area contributed by atoms with Gasteiger partial charge in [-0.25, -0.2) is 4.98 Å². The van der Waals surface area contributed by atoms with E-state index in [0.29, 0.717) is 35.9 Å². The van der Waals surface area contributed by atoms with E-state index in [0.717, 1.165) is 53.5 Å². The first kappa shape index (κ1) is 25.7. The van der Waals surface area contributed by atoms with Gasteiger partial charge in [0.25, 0.3) is 0 Å². The minimum Gasteiger partial charge on any atom is -0.491 e. The van der Waals surface area contributed by atoms with Crippen molar-refractivity contribution < 1.29 is 27.5 Å². The van der Waals surface area contributed by atoms with Crippen LogP contribution < -0.4 is 4.74 Å². The van der Waals surface area contributed by atoms with Crippen molar-refractivity contribution in [3.05, 3.63) is 64.9 Å². The normalized spacial score (nSPS) is 16.4. The molecule has 5 rings (SSSR count). The van der Waals surface area contributed by atoms with Gasteiger partial charge in [-0.15, -0.1) is 11.3 Å². The molecule has 3 heterocycles. The third kappa shape index (κ3) is 6.48. The van der Waals surface area contributed by atoms with E-state index in [2.05, 4.69) is 19.9 Å². The molecule has 1 saturated heterocycles. The van der Waals surface area contributed by atoms with Crippen LogP contribution in [0.1, 0.15) is 16.3 Å². The van der Waals surface area contributed by atoms with E-state index in [1.165, 1.54) is 6.07 Å². The topological polar surface area (TPSA) is 74.9 Å². The van der Waals surface area contributed by atoms with E-state index in [9.17, 15) is 18.3 Å². The molecular formula is C26H27F3N4O3S. The van der Waals surface area contributed by atoms with E-state index in [-0.39, 0.29) is 6.61 Å². The maximum Gasteiger partial charge on any atom is 0.416 e. The second-order valence-corrected chi connectivity index (χ2v) is 10.4. The summed E-state index contributed by atoms with van der Waals surface area (Å²) in [5.41, 5.74) is 0.938.